The molecule has 3 rings (SSSR count). The molecule has 1 amide bonds. The quantitative estimate of drug-likeness (QED) is 0.766. The lowest BCUT2D eigenvalue weighted by Gasteiger charge is -2.35. The van der Waals surface area contributed by atoms with E-state index in [1.54, 1.807) is 30.3 Å². The van der Waals surface area contributed by atoms with Gasteiger partial charge in [-0.3, -0.25) is 4.79 Å². The van der Waals surface area contributed by atoms with Crippen molar-refractivity contribution in [1.29, 1.82) is 0 Å². The molecule has 0 radical (unpaired) electrons. The van der Waals surface area contributed by atoms with E-state index < -0.39 is 10.0 Å². The average molecular weight is 403 g/mol. The predicted octanol–water partition coefficient (Wildman–Crippen LogP) is 2.07. The second kappa shape index (κ2) is 8.28. The maximum atomic E-state index is 12.8. The summed E-state index contributed by atoms with van der Waals surface area (Å²) in [6.45, 7) is 6.28. The van der Waals surface area contributed by atoms with Crippen molar-refractivity contribution in [2.45, 2.75) is 24.8 Å². The summed E-state index contributed by atoms with van der Waals surface area (Å²) in [5.74, 6) is 0.834. The molecule has 0 aliphatic carbocycles. The minimum absolute atomic E-state index is 0.0816. The molecule has 2 aromatic rings. The molecule has 0 atom stereocenters. The molecule has 0 bridgehead atoms. The summed E-state index contributed by atoms with van der Waals surface area (Å²) in [7, 11) is -1.99. The summed E-state index contributed by atoms with van der Waals surface area (Å²) in [6, 6.07) is 11.9. The van der Waals surface area contributed by atoms with E-state index in [-0.39, 0.29) is 16.8 Å². The third-order valence-corrected chi connectivity index (χ3v) is 7.09. The molecular weight excluding hydrogens is 376 g/mol. The molecule has 7 nitrogen and oxygen atoms in total. The Bertz CT molecular complexity index is 906. The molecule has 1 saturated heterocycles. The summed E-state index contributed by atoms with van der Waals surface area (Å²) in [5, 5.41) is 0. The lowest BCUT2D eigenvalue weighted by atomic mass is 10.2. The molecule has 1 aliphatic heterocycles. The van der Waals surface area contributed by atoms with Gasteiger partial charge in [-0.15, -0.1) is 0 Å². The van der Waals surface area contributed by atoms with Gasteiger partial charge in [-0.25, -0.2) is 13.4 Å². The molecule has 150 valence electrons. The molecule has 1 aromatic heterocycles. The number of carbonyl (C=O) groups excluding carboxylic acids is 1. The molecule has 0 unspecified atom stereocenters. The number of hydrogen-bond donors (Lipinski definition) is 0. The number of rotatable bonds is 5. The van der Waals surface area contributed by atoms with Crippen molar-refractivity contribution < 1.29 is 13.2 Å². The molecule has 0 spiro atoms. The number of sulfonamides is 1. The summed E-state index contributed by atoms with van der Waals surface area (Å²) in [6.07, 6.45) is 1.76. The Kier molecular flexibility index (Phi) is 6.00. The first kappa shape index (κ1) is 20.3. The van der Waals surface area contributed by atoms with Gasteiger partial charge in [0.15, 0.2) is 0 Å². The molecule has 1 aliphatic rings. The van der Waals surface area contributed by atoms with Crippen LogP contribution in [0.2, 0.25) is 0 Å². The molecule has 1 aromatic carbocycles. The summed E-state index contributed by atoms with van der Waals surface area (Å²) >= 11 is 0. The van der Waals surface area contributed by atoms with Gasteiger partial charge >= 0.3 is 0 Å². The SMILES string of the molecule is CC(C)N(C)S(=O)(=O)c1ccc(C(=O)N2CCN(c3ccccn3)CC2)cc1. The molecule has 2 heterocycles. The normalized spacial score (nSPS) is 15.3. The van der Waals surface area contributed by atoms with Gasteiger partial charge < -0.3 is 9.80 Å². The second-order valence-corrected chi connectivity index (χ2v) is 9.10. The van der Waals surface area contributed by atoms with Crippen molar-refractivity contribution in [2.24, 2.45) is 0 Å². The van der Waals surface area contributed by atoms with E-state index in [1.807, 2.05) is 32.0 Å². The van der Waals surface area contributed by atoms with Crippen LogP contribution in [0.4, 0.5) is 5.82 Å². The Balaban J connectivity index is 1.66. The monoisotopic (exact) mass is 402 g/mol. The first-order chi connectivity index (χ1) is 13.3. The largest absolute Gasteiger partial charge is 0.353 e. The van der Waals surface area contributed by atoms with Gasteiger partial charge in [-0.2, -0.15) is 4.31 Å². The Labute approximate surface area is 166 Å². The van der Waals surface area contributed by atoms with Crippen LogP contribution in [0.3, 0.4) is 0 Å². The summed E-state index contributed by atoms with van der Waals surface area (Å²) in [4.78, 5) is 21.3. The topological polar surface area (TPSA) is 73.8 Å². The van der Waals surface area contributed by atoms with Gasteiger partial charge in [0.05, 0.1) is 4.90 Å². The molecule has 0 N–H and O–H groups in total. The maximum absolute atomic E-state index is 12.8. The van der Waals surface area contributed by atoms with Crippen molar-refractivity contribution in [2.75, 3.05) is 38.1 Å². The van der Waals surface area contributed by atoms with Crippen molar-refractivity contribution in [3.05, 3.63) is 54.2 Å². The zero-order valence-corrected chi connectivity index (χ0v) is 17.3. The minimum Gasteiger partial charge on any atom is -0.353 e. The van der Waals surface area contributed by atoms with Crippen LogP contribution in [0, 0.1) is 0 Å². The fourth-order valence-electron chi connectivity index (χ4n) is 3.08. The van der Waals surface area contributed by atoms with E-state index in [9.17, 15) is 13.2 Å². The van der Waals surface area contributed by atoms with Crippen LogP contribution in [0.25, 0.3) is 0 Å². The van der Waals surface area contributed by atoms with E-state index in [1.165, 1.54) is 16.4 Å². The molecule has 28 heavy (non-hydrogen) atoms. The smallest absolute Gasteiger partial charge is 0.253 e. The van der Waals surface area contributed by atoms with E-state index in [0.717, 1.165) is 5.82 Å². The molecule has 1 fully saturated rings. The van der Waals surface area contributed by atoms with E-state index in [0.29, 0.717) is 31.7 Å². The summed E-state index contributed by atoms with van der Waals surface area (Å²) in [5.41, 5.74) is 0.498. The van der Waals surface area contributed by atoms with Crippen LogP contribution >= 0.6 is 0 Å². The number of carbonyl (C=O) groups is 1. The van der Waals surface area contributed by atoms with Gasteiger partial charge in [-0.1, -0.05) is 6.07 Å². The average Bonchev–Trinajstić information content (AvgIpc) is 2.73. The highest BCUT2D eigenvalue weighted by atomic mass is 32.2. The lowest BCUT2D eigenvalue weighted by Crippen LogP contribution is -2.49. The fourth-order valence-corrected chi connectivity index (χ4v) is 4.44. The first-order valence-corrected chi connectivity index (χ1v) is 10.8. The number of hydrogen-bond acceptors (Lipinski definition) is 5. The first-order valence-electron chi connectivity index (χ1n) is 9.34. The number of anilines is 1. The predicted molar refractivity (Wildman–Crippen MR) is 109 cm³/mol. The number of amides is 1. The van der Waals surface area contributed by atoms with E-state index in [2.05, 4.69) is 9.88 Å². The minimum atomic E-state index is -3.55. The summed E-state index contributed by atoms with van der Waals surface area (Å²) < 4.78 is 26.4. The second-order valence-electron chi connectivity index (χ2n) is 7.11. The van der Waals surface area contributed by atoms with Crippen LogP contribution in [0.5, 0.6) is 0 Å². The molecule has 8 heteroatoms. The molecular formula is C20H26N4O3S. The standard InChI is InChI=1S/C20H26N4O3S/c1-16(2)22(3)28(26,27)18-9-7-17(8-10-18)20(25)24-14-12-23(13-15-24)19-6-4-5-11-21-19/h4-11,16H,12-15H2,1-3H3. The Hall–Kier alpha value is -2.45. The van der Waals surface area contributed by atoms with Crippen LogP contribution in [0.15, 0.2) is 53.6 Å². The number of benzene rings is 1. The van der Waals surface area contributed by atoms with Crippen molar-refractivity contribution in [3.8, 4) is 0 Å². The molecule has 0 saturated carbocycles. The maximum Gasteiger partial charge on any atom is 0.253 e. The Morgan fingerprint density at radius 1 is 1.04 bits per heavy atom. The number of pyridine rings is 1. The van der Waals surface area contributed by atoms with Crippen LogP contribution in [-0.4, -0.2) is 67.8 Å². The van der Waals surface area contributed by atoms with Gasteiger partial charge in [-0.05, 0) is 50.2 Å². The van der Waals surface area contributed by atoms with Crippen molar-refractivity contribution in [3.63, 3.8) is 0 Å². The van der Waals surface area contributed by atoms with Crippen LogP contribution in [0.1, 0.15) is 24.2 Å². The van der Waals surface area contributed by atoms with Crippen molar-refractivity contribution in [1.82, 2.24) is 14.2 Å². The highest BCUT2D eigenvalue weighted by Crippen LogP contribution is 2.19. The van der Waals surface area contributed by atoms with Gasteiger partial charge in [0.2, 0.25) is 10.0 Å². The van der Waals surface area contributed by atoms with Crippen LogP contribution in [-0.2, 0) is 10.0 Å². The van der Waals surface area contributed by atoms with E-state index in [4.69, 9.17) is 0 Å². The van der Waals surface area contributed by atoms with E-state index >= 15 is 0 Å². The number of piperazine rings is 1. The zero-order chi connectivity index (χ0) is 20.3. The van der Waals surface area contributed by atoms with Crippen LogP contribution < -0.4 is 4.90 Å². The highest BCUT2D eigenvalue weighted by Gasteiger charge is 2.25. The third-order valence-electron chi connectivity index (χ3n) is 5.05. The zero-order valence-electron chi connectivity index (χ0n) is 16.4. The fraction of sp³-hybridized carbons (Fsp3) is 0.400. The number of aromatic nitrogens is 1. The van der Waals surface area contributed by atoms with Gasteiger partial charge in [0, 0.05) is 51.0 Å². The third kappa shape index (κ3) is 4.18. The Morgan fingerprint density at radius 3 is 2.21 bits per heavy atom. The van der Waals surface area contributed by atoms with Crippen molar-refractivity contribution >= 4 is 21.7 Å². The lowest BCUT2D eigenvalue weighted by molar-refractivity contribution is 0.0746. The highest BCUT2D eigenvalue weighted by molar-refractivity contribution is 7.89. The number of nitrogens with zero attached hydrogens (tertiary/aromatic N) is 4. The van der Waals surface area contributed by atoms with Gasteiger partial charge in [0.1, 0.15) is 5.82 Å². The van der Waals surface area contributed by atoms with Gasteiger partial charge in [0.25, 0.3) is 5.91 Å². The Morgan fingerprint density at radius 2 is 1.68 bits per heavy atom.